The Balaban J connectivity index is 1.69. The van der Waals surface area contributed by atoms with Crippen LogP contribution in [0.15, 0.2) is 76.5 Å². The lowest BCUT2D eigenvalue weighted by Crippen LogP contribution is -2.56. The number of rotatable bonds is 8. The molecule has 0 fully saturated rings. The Kier molecular flexibility index (Phi) is 9.07. The summed E-state index contributed by atoms with van der Waals surface area (Å²) in [5, 5.41) is 2.64. The average molecular weight is 621 g/mol. The SMILES string of the molecule is CCNS(=O)(=O)c1ccccc1-c1ccc(CN2C(=O)[C@H](NC(=O)C(C)(C)N)CSc3cc(C(F)(F)F)ccc32)cc1. The van der Waals surface area contributed by atoms with E-state index < -0.39 is 45.2 Å². The number of hydrogen-bond acceptors (Lipinski definition) is 6. The summed E-state index contributed by atoms with van der Waals surface area (Å²) in [6.45, 7) is 4.89. The Bertz CT molecular complexity index is 1590. The molecule has 1 atom stereocenters. The first-order valence-corrected chi connectivity index (χ1v) is 15.5. The second-order valence-electron chi connectivity index (χ2n) is 10.4. The molecule has 42 heavy (non-hydrogen) atoms. The van der Waals surface area contributed by atoms with Gasteiger partial charge in [0, 0.05) is 22.8 Å². The normalized spacial score (nSPS) is 16.1. The van der Waals surface area contributed by atoms with Crippen LogP contribution in [-0.2, 0) is 32.3 Å². The van der Waals surface area contributed by atoms with Crippen LogP contribution in [0.1, 0.15) is 31.9 Å². The van der Waals surface area contributed by atoms with Crippen LogP contribution in [-0.4, -0.2) is 44.1 Å². The first kappa shape index (κ1) is 31.5. The van der Waals surface area contributed by atoms with E-state index in [1.165, 1.54) is 30.9 Å². The zero-order chi connectivity index (χ0) is 30.9. The van der Waals surface area contributed by atoms with Gasteiger partial charge in [0.05, 0.1) is 28.2 Å². The molecular formula is C29H31F3N4O4S2. The average Bonchev–Trinajstić information content (AvgIpc) is 3.04. The summed E-state index contributed by atoms with van der Waals surface area (Å²) in [5.41, 5.74) is 5.82. The number of hydrogen-bond donors (Lipinski definition) is 3. The van der Waals surface area contributed by atoms with E-state index in [-0.39, 0.29) is 34.3 Å². The van der Waals surface area contributed by atoms with Crippen molar-refractivity contribution in [3.8, 4) is 11.1 Å². The van der Waals surface area contributed by atoms with Crippen LogP contribution < -0.4 is 20.7 Å². The molecule has 3 aromatic carbocycles. The predicted octanol–water partition coefficient (Wildman–Crippen LogP) is 4.53. The van der Waals surface area contributed by atoms with Gasteiger partial charge in [-0.05, 0) is 49.2 Å². The summed E-state index contributed by atoms with van der Waals surface area (Å²) < 4.78 is 68.4. The van der Waals surface area contributed by atoms with Crippen molar-refractivity contribution in [3.05, 3.63) is 77.9 Å². The van der Waals surface area contributed by atoms with Gasteiger partial charge in [0.15, 0.2) is 0 Å². The molecule has 2 amide bonds. The van der Waals surface area contributed by atoms with E-state index in [9.17, 15) is 31.2 Å². The lowest BCUT2D eigenvalue weighted by Gasteiger charge is -2.28. The Morgan fingerprint density at radius 3 is 2.36 bits per heavy atom. The number of carbonyl (C=O) groups is 2. The third-order valence-electron chi connectivity index (χ3n) is 6.55. The summed E-state index contributed by atoms with van der Waals surface area (Å²) in [5.74, 6) is -1.05. The van der Waals surface area contributed by atoms with Crippen molar-refractivity contribution in [1.82, 2.24) is 10.0 Å². The van der Waals surface area contributed by atoms with Crippen molar-refractivity contribution in [1.29, 1.82) is 0 Å². The van der Waals surface area contributed by atoms with E-state index in [0.29, 0.717) is 16.7 Å². The number of thioether (sulfide) groups is 1. The van der Waals surface area contributed by atoms with E-state index in [4.69, 9.17) is 5.73 Å². The highest BCUT2D eigenvalue weighted by atomic mass is 32.2. The number of amides is 2. The molecule has 0 unspecified atom stereocenters. The number of anilines is 1. The van der Waals surface area contributed by atoms with Crippen molar-refractivity contribution in [2.75, 3.05) is 17.2 Å². The molecule has 0 saturated heterocycles. The van der Waals surface area contributed by atoms with Crippen LogP contribution in [0, 0.1) is 0 Å². The zero-order valence-electron chi connectivity index (χ0n) is 23.2. The first-order valence-electron chi connectivity index (χ1n) is 13.0. The fourth-order valence-electron chi connectivity index (χ4n) is 4.37. The summed E-state index contributed by atoms with van der Waals surface area (Å²) in [7, 11) is -3.74. The Morgan fingerprint density at radius 1 is 1.07 bits per heavy atom. The number of nitrogens with one attached hydrogen (secondary N) is 2. The molecule has 0 radical (unpaired) electrons. The van der Waals surface area contributed by atoms with Gasteiger partial charge in [-0.1, -0.05) is 49.4 Å². The molecule has 0 bridgehead atoms. The molecule has 0 aliphatic carbocycles. The number of nitrogens with two attached hydrogens (primary N) is 1. The van der Waals surface area contributed by atoms with Crippen molar-refractivity contribution in [2.45, 2.75) is 54.9 Å². The summed E-state index contributed by atoms with van der Waals surface area (Å²) in [6.07, 6.45) is -4.57. The fraction of sp³-hybridized carbons (Fsp3) is 0.310. The quantitative estimate of drug-likeness (QED) is 0.340. The standard InChI is InChI=1S/C29H31F3N4O4S2/c1-4-34-42(39,40)25-8-6-5-7-21(25)19-11-9-18(10-12-19)16-36-23-14-13-20(29(30,31)32)15-24(23)41-17-22(26(36)37)35-27(38)28(2,3)33/h5-15,22,34H,4,16-17,33H2,1-3H3,(H,35,38)/t22-/m1/s1. The second kappa shape index (κ2) is 12.1. The van der Waals surface area contributed by atoms with Gasteiger partial charge in [-0.3, -0.25) is 9.59 Å². The van der Waals surface area contributed by atoms with Crippen LogP contribution in [0.4, 0.5) is 18.9 Å². The number of benzene rings is 3. The molecule has 0 spiro atoms. The van der Waals surface area contributed by atoms with Gasteiger partial charge in [-0.2, -0.15) is 13.2 Å². The van der Waals surface area contributed by atoms with Crippen LogP contribution in [0.2, 0.25) is 0 Å². The van der Waals surface area contributed by atoms with Crippen LogP contribution in [0.3, 0.4) is 0 Å². The minimum atomic E-state index is -4.57. The predicted molar refractivity (Wildman–Crippen MR) is 156 cm³/mol. The van der Waals surface area contributed by atoms with Gasteiger partial charge in [0.25, 0.3) is 5.91 Å². The molecule has 4 rings (SSSR count). The van der Waals surface area contributed by atoms with Gasteiger partial charge >= 0.3 is 6.18 Å². The maximum Gasteiger partial charge on any atom is 0.416 e. The van der Waals surface area contributed by atoms with E-state index in [0.717, 1.165) is 23.9 Å². The van der Waals surface area contributed by atoms with Crippen molar-refractivity contribution < 1.29 is 31.2 Å². The molecule has 1 aliphatic rings. The van der Waals surface area contributed by atoms with Crippen LogP contribution in [0.5, 0.6) is 0 Å². The third-order valence-corrected chi connectivity index (χ3v) is 9.30. The lowest BCUT2D eigenvalue weighted by molar-refractivity contribution is -0.137. The number of nitrogens with zero attached hydrogens (tertiary/aromatic N) is 1. The number of fused-ring (bicyclic) bond motifs is 1. The smallest absolute Gasteiger partial charge is 0.342 e. The highest BCUT2D eigenvalue weighted by Gasteiger charge is 2.37. The second-order valence-corrected chi connectivity index (χ2v) is 13.2. The van der Waals surface area contributed by atoms with Crippen molar-refractivity contribution in [3.63, 3.8) is 0 Å². The van der Waals surface area contributed by atoms with E-state index in [1.54, 1.807) is 49.4 Å². The fourth-order valence-corrected chi connectivity index (χ4v) is 6.75. The molecule has 1 heterocycles. The topological polar surface area (TPSA) is 122 Å². The Labute approximate surface area is 246 Å². The summed E-state index contributed by atoms with van der Waals surface area (Å²) in [4.78, 5) is 28.1. The Morgan fingerprint density at radius 2 is 1.74 bits per heavy atom. The van der Waals surface area contributed by atoms with Gasteiger partial charge < -0.3 is 16.0 Å². The minimum Gasteiger partial charge on any atom is -0.342 e. The molecule has 0 aromatic heterocycles. The highest BCUT2D eigenvalue weighted by molar-refractivity contribution is 7.99. The van der Waals surface area contributed by atoms with Crippen LogP contribution >= 0.6 is 11.8 Å². The van der Waals surface area contributed by atoms with Gasteiger partial charge in [0.2, 0.25) is 15.9 Å². The van der Waals surface area contributed by atoms with Gasteiger partial charge in [-0.15, -0.1) is 11.8 Å². The first-order chi connectivity index (χ1) is 19.6. The van der Waals surface area contributed by atoms with E-state index in [2.05, 4.69) is 10.0 Å². The number of sulfonamides is 1. The third kappa shape index (κ3) is 6.97. The molecular weight excluding hydrogens is 589 g/mol. The van der Waals surface area contributed by atoms with Gasteiger partial charge in [0.1, 0.15) is 6.04 Å². The molecule has 4 N–H and O–H groups in total. The van der Waals surface area contributed by atoms with E-state index in [1.807, 2.05) is 0 Å². The maximum atomic E-state index is 13.7. The number of carbonyl (C=O) groups excluding carboxylic acids is 2. The summed E-state index contributed by atoms with van der Waals surface area (Å²) >= 11 is 1.05. The lowest BCUT2D eigenvalue weighted by atomic mass is 10.0. The van der Waals surface area contributed by atoms with Crippen molar-refractivity contribution >= 4 is 39.3 Å². The van der Waals surface area contributed by atoms with Gasteiger partial charge in [-0.25, -0.2) is 13.1 Å². The highest BCUT2D eigenvalue weighted by Crippen LogP contribution is 2.40. The van der Waals surface area contributed by atoms with Crippen molar-refractivity contribution in [2.24, 2.45) is 5.73 Å². The molecule has 8 nitrogen and oxygen atoms in total. The Hall–Kier alpha value is -3.39. The molecule has 0 saturated carbocycles. The molecule has 1 aliphatic heterocycles. The molecule has 13 heteroatoms. The maximum absolute atomic E-state index is 13.7. The van der Waals surface area contributed by atoms with E-state index >= 15 is 0 Å². The monoisotopic (exact) mass is 620 g/mol. The zero-order valence-corrected chi connectivity index (χ0v) is 24.8. The van der Waals surface area contributed by atoms with Crippen LogP contribution in [0.25, 0.3) is 11.1 Å². The minimum absolute atomic E-state index is 0.00619. The molecule has 3 aromatic rings. The molecule has 224 valence electrons. The largest absolute Gasteiger partial charge is 0.416 e. The summed E-state index contributed by atoms with van der Waals surface area (Å²) in [6, 6.07) is 15.6. The number of alkyl halides is 3. The number of halogens is 3.